The number of ether oxygens (including phenoxy) is 2. The molecule has 1 aliphatic heterocycles. The van der Waals surface area contributed by atoms with Gasteiger partial charge in [0, 0.05) is 23.9 Å². The van der Waals surface area contributed by atoms with Crippen molar-refractivity contribution in [2.45, 2.75) is 19.4 Å². The van der Waals surface area contributed by atoms with Gasteiger partial charge in [0.05, 0.1) is 14.2 Å². The number of nitrogens with two attached hydrogens (primary N) is 1. The summed E-state index contributed by atoms with van der Waals surface area (Å²) in [5.41, 5.74) is 7.70. The molecule has 1 aromatic rings. The Bertz CT molecular complexity index is 387. The van der Waals surface area contributed by atoms with Crippen molar-refractivity contribution in [3.8, 4) is 11.5 Å². The van der Waals surface area contributed by atoms with Gasteiger partial charge < -0.3 is 15.2 Å². The number of benzene rings is 1. The van der Waals surface area contributed by atoms with Crippen LogP contribution in [0.4, 0.5) is 5.69 Å². The van der Waals surface area contributed by atoms with E-state index in [1.807, 2.05) is 6.07 Å². The molecule has 1 saturated heterocycles. The second kappa shape index (κ2) is 5.27. The second-order valence-electron chi connectivity index (χ2n) is 4.40. The van der Waals surface area contributed by atoms with Crippen molar-refractivity contribution in [1.29, 1.82) is 0 Å². The molecule has 0 aromatic heterocycles. The molecule has 0 radical (unpaired) electrons. The maximum atomic E-state index is 5.88. The highest BCUT2D eigenvalue weighted by Gasteiger charge is 2.17. The molecule has 0 atom stereocenters. The molecule has 2 rings (SSSR count). The van der Waals surface area contributed by atoms with Crippen LogP contribution in [-0.2, 0) is 6.54 Å². The predicted octanol–water partition coefficient (Wildman–Crippen LogP) is 1.88. The van der Waals surface area contributed by atoms with E-state index in [0.717, 1.165) is 36.6 Å². The van der Waals surface area contributed by atoms with Gasteiger partial charge in [-0.2, -0.15) is 0 Å². The van der Waals surface area contributed by atoms with Crippen molar-refractivity contribution in [3.63, 3.8) is 0 Å². The number of hydrogen-bond donors (Lipinski definition) is 1. The van der Waals surface area contributed by atoms with Crippen molar-refractivity contribution < 1.29 is 9.47 Å². The third kappa shape index (κ3) is 2.64. The summed E-state index contributed by atoms with van der Waals surface area (Å²) in [4.78, 5) is 2.41. The van der Waals surface area contributed by atoms with Crippen molar-refractivity contribution >= 4 is 5.69 Å². The zero-order valence-electron chi connectivity index (χ0n) is 10.5. The fourth-order valence-electron chi connectivity index (χ4n) is 2.37. The lowest BCUT2D eigenvalue weighted by Crippen LogP contribution is -2.19. The Kier molecular flexibility index (Phi) is 3.74. The van der Waals surface area contributed by atoms with Crippen molar-refractivity contribution in [2.75, 3.05) is 33.0 Å². The number of nitrogens with zero attached hydrogens (tertiary/aromatic N) is 1. The van der Waals surface area contributed by atoms with Crippen LogP contribution in [0.15, 0.2) is 12.1 Å². The summed E-state index contributed by atoms with van der Waals surface area (Å²) in [5, 5.41) is 0. The van der Waals surface area contributed by atoms with Crippen LogP contribution in [0.3, 0.4) is 0 Å². The molecule has 2 N–H and O–H groups in total. The molecule has 0 aliphatic carbocycles. The fourth-order valence-corrected chi connectivity index (χ4v) is 2.37. The van der Waals surface area contributed by atoms with E-state index in [9.17, 15) is 0 Å². The van der Waals surface area contributed by atoms with Gasteiger partial charge in [0.25, 0.3) is 0 Å². The SMILES string of the molecule is COc1cc(N)cc(CN2CCCC2)c1OC. The monoisotopic (exact) mass is 236 g/mol. The molecule has 17 heavy (non-hydrogen) atoms. The van der Waals surface area contributed by atoms with E-state index < -0.39 is 0 Å². The second-order valence-corrected chi connectivity index (χ2v) is 4.40. The van der Waals surface area contributed by atoms with Crippen LogP contribution >= 0.6 is 0 Å². The van der Waals surface area contributed by atoms with Crippen LogP contribution in [0.5, 0.6) is 11.5 Å². The van der Waals surface area contributed by atoms with E-state index in [2.05, 4.69) is 4.90 Å². The summed E-state index contributed by atoms with van der Waals surface area (Å²) in [6.45, 7) is 3.19. The van der Waals surface area contributed by atoms with Gasteiger partial charge >= 0.3 is 0 Å². The first-order valence-electron chi connectivity index (χ1n) is 5.97. The molecule has 94 valence electrons. The summed E-state index contributed by atoms with van der Waals surface area (Å²) >= 11 is 0. The number of nitrogen functional groups attached to an aromatic ring is 1. The Hall–Kier alpha value is -1.42. The summed E-state index contributed by atoms with van der Waals surface area (Å²) in [7, 11) is 3.30. The smallest absolute Gasteiger partial charge is 0.165 e. The normalized spacial score (nSPS) is 16.1. The summed E-state index contributed by atoms with van der Waals surface area (Å²) in [6.07, 6.45) is 2.56. The Labute approximate surface area is 102 Å². The molecule has 1 heterocycles. The van der Waals surface area contributed by atoms with Crippen LogP contribution < -0.4 is 15.2 Å². The first kappa shape index (κ1) is 12.0. The zero-order chi connectivity index (χ0) is 12.3. The van der Waals surface area contributed by atoms with Crippen LogP contribution in [0, 0.1) is 0 Å². The lowest BCUT2D eigenvalue weighted by Gasteiger charge is -2.19. The Morgan fingerprint density at radius 2 is 1.88 bits per heavy atom. The average Bonchev–Trinajstić information content (AvgIpc) is 2.81. The molecule has 0 amide bonds. The highest BCUT2D eigenvalue weighted by Crippen LogP contribution is 2.34. The molecule has 0 unspecified atom stereocenters. The van der Waals surface area contributed by atoms with Gasteiger partial charge in [0.1, 0.15) is 0 Å². The van der Waals surface area contributed by atoms with Gasteiger partial charge in [-0.25, -0.2) is 0 Å². The molecule has 1 aliphatic rings. The van der Waals surface area contributed by atoms with E-state index in [1.165, 1.54) is 12.8 Å². The van der Waals surface area contributed by atoms with Crippen molar-refractivity contribution in [1.82, 2.24) is 4.90 Å². The van der Waals surface area contributed by atoms with Crippen LogP contribution in [0.1, 0.15) is 18.4 Å². The van der Waals surface area contributed by atoms with Gasteiger partial charge in [0.15, 0.2) is 11.5 Å². The maximum absolute atomic E-state index is 5.88. The minimum absolute atomic E-state index is 0.710. The van der Waals surface area contributed by atoms with E-state index in [4.69, 9.17) is 15.2 Å². The lowest BCUT2D eigenvalue weighted by molar-refractivity contribution is 0.312. The number of methoxy groups -OCH3 is 2. The van der Waals surface area contributed by atoms with Gasteiger partial charge in [-0.1, -0.05) is 0 Å². The van der Waals surface area contributed by atoms with E-state index in [-0.39, 0.29) is 0 Å². The molecule has 0 saturated carbocycles. The number of anilines is 1. The molecule has 0 bridgehead atoms. The maximum Gasteiger partial charge on any atom is 0.165 e. The van der Waals surface area contributed by atoms with E-state index in [1.54, 1.807) is 20.3 Å². The first-order chi connectivity index (χ1) is 8.24. The largest absolute Gasteiger partial charge is 0.493 e. The molecule has 1 aromatic carbocycles. The van der Waals surface area contributed by atoms with Crippen molar-refractivity contribution in [2.24, 2.45) is 0 Å². The molecule has 0 spiro atoms. The zero-order valence-corrected chi connectivity index (χ0v) is 10.5. The van der Waals surface area contributed by atoms with Gasteiger partial charge in [-0.15, -0.1) is 0 Å². The van der Waals surface area contributed by atoms with E-state index >= 15 is 0 Å². The van der Waals surface area contributed by atoms with E-state index in [0.29, 0.717) is 5.75 Å². The lowest BCUT2D eigenvalue weighted by atomic mass is 10.1. The molecule has 4 nitrogen and oxygen atoms in total. The third-order valence-corrected chi connectivity index (χ3v) is 3.17. The highest BCUT2D eigenvalue weighted by atomic mass is 16.5. The molecule has 4 heteroatoms. The van der Waals surface area contributed by atoms with Crippen LogP contribution in [0.2, 0.25) is 0 Å². The standard InChI is InChI=1S/C13H20N2O2/c1-16-12-8-11(14)7-10(13(12)17-2)9-15-5-3-4-6-15/h7-8H,3-6,9,14H2,1-2H3. The number of hydrogen-bond acceptors (Lipinski definition) is 4. The third-order valence-electron chi connectivity index (χ3n) is 3.17. The van der Waals surface area contributed by atoms with Crippen LogP contribution in [-0.4, -0.2) is 32.2 Å². The molecular weight excluding hydrogens is 216 g/mol. The summed E-state index contributed by atoms with van der Waals surface area (Å²) < 4.78 is 10.7. The number of likely N-dealkylation sites (tertiary alicyclic amines) is 1. The quantitative estimate of drug-likeness (QED) is 0.811. The average molecular weight is 236 g/mol. The Morgan fingerprint density at radius 3 is 2.47 bits per heavy atom. The minimum atomic E-state index is 0.710. The van der Waals surface area contributed by atoms with Crippen LogP contribution in [0.25, 0.3) is 0 Å². The fraction of sp³-hybridized carbons (Fsp3) is 0.538. The van der Waals surface area contributed by atoms with Gasteiger partial charge in [0.2, 0.25) is 0 Å². The molecule has 1 fully saturated rings. The Balaban J connectivity index is 2.26. The first-order valence-corrected chi connectivity index (χ1v) is 5.97. The topological polar surface area (TPSA) is 47.7 Å². The van der Waals surface area contributed by atoms with Gasteiger partial charge in [-0.3, -0.25) is 4.90 Å². The van der Waals surface area contributed by atoms with Gasteiger partial charge in [-0.05, 0) is 32.0 Å². The molecular formula is C13H20N2O2. The predicted molar refractivity (Wildman–Crippen MR) is 68.5 cm³/mol. The summed E-state index contributed by atoms with van der Waals surface area (Å²) in [5.74, 6) is 1.51. The number of rotatable bonds is 4. The highest BCUT2D eigenvalue weighted by molar-refractivity contribution is 5.57. The summed E-state index contributed by atoms with van der Waals surface area (Å²) in [6, 6.07) is 3.77. The Morgan fingerprint density at radius 1 is 1.18 bits per heavy atom. The minimum Gasteiger partial charge on any atom is -0.493 e. The van der Waals surface area contributed by atoms with Crippen molar-refractivity contribution in [3.05, 3.63) is 17.7 Å².